The summed E-state index contributed by atoms with van der Waals surface area (Å²) in [5.41, 5.74) is 0.839. The molecule has 0 radical (unpaired) electrons. The third kappa shape index (κ3) is 3.47. The fraction of sp³-hybridized carbons (Fsp3) is 0.471. The maximum Gasteiger partial charge on any atom is 0.322 e. The van der Waals surface area contributed by atoms with Gasteiger partial charge in [0.1, 0.15) is 17.7 Å². The number of rotatable bonds is 6. The van der Waals surface area contributed by atoms with Crippen molar-refractivity contribution in [3.05, 3.63) is 34.4 Å². The zero-order valence-electron chi connectivity index (χ0n) is 14.9. The zero-order chi connectivity index (χ0) is 18.8. The van der Waals surface area contributed by atoms with Gasteiger partial charge in [0.2, 0.25) is 0 Å². The Bertz CT molecular complexity index is 823. The molecule has 2 heterocycles. The Balaban J connectivity index is 1.89. The van der Waals surface area contributed by atoms with E-state index < -0.39 is 12.0 Å². The summed E-state index contributed by atoms with van der Waals surface area (Å²) in [6.45, 7) is 5.26. The molecule has 0 bridgehead atoms. The van der Waals surface area contributed by atoms with Gasteiger partial charge in [-0.2, -0.15) is 0 Å². The van der Waals surface area contributed by atoms with Crippen LogP contribution < -0.4 is 9.47 Å². The van der Waals surface area contributed by atoms with Gasteiger partial charge in [-0.05, 0) is 31.5 Å². The van der Waals surface area contributed by atoms with E-state index in [-0.39, 0.29) is 0 Å². The fourth-order valence-corrected chi connectivity index (χ4v) is 3.43. The summed E-state index contributed by atoms with van der Waals surface area (Å²) in [6, 6.07) is 2.92. The van der Waals surface area contributed by atoms with Crippen LogP contribution in [-0.2, 0) is 24.4 Å². The Morgan fingerprint density at radius 3 is 2.85 bits per heavy atom. The third-order valence-corrected chi connectivity index (χ3v) is 4.68. The van der Waals surface area contributed by atoms with E-state index >= 15 is 0 Å². The Hall–Kier alpha value is -2.32. The van der Waals surface area contributed by atoms with Crippen LogP contribution in [0, 0.1) is 6.92 Å². The first-order chi connectivity index (χ1) is 12.4. The smallest absolute Gasteiger partial charge is 0.322 e. The van der Waals surface area contributed by atoms with Crippen LogP contribution in [0.15, 0.2) is 12.1 Å². The summed E-state index contributed by atoms with van der Waals surface area (Å²) in [4.78, 5) is 13.6. The molecule has 2 aromatic rings. The van der Waals surface area contributed by atoms with E-state index in [2.05, 4.69) is 10.2 Å². The second-order valence-corrected chi connectivity index (χ2v) is 6.48. The van der Waals surface area contributed by atoms with Gasteiger partial charge in [-0.1, -0.05) is 11.6 Å². The van der Waals surface area contributed by atoms with Crippen molar-refractivity contribution < 1.29 is 19.4 Å². The van der Waals surface area contributed by atoms with Crippen molar-refractivity contribution in [3.63, 3.8) is 0 Å². The molecule has 8 nitrogen and oxygen atoms in total. The molecule has 26 heavy (non-hydrogen) atoms. The van der Waals surface area contributed by atoms with Gasteiger partial charge >= 0.3 is 5.97 Å². The number of hydrogen-bond donors (Lipinski definition) is 1. The molecule has 1 atom stereocenters. The maximum absolute atomic E-state index is 11.8. The van der Waals surface area contributed by atoms with Gasteiger partial charge in [-0.3, -0.25) is 9.69 Å². The van der Waals surface area contributed by atoms with Crippen molar-refractivity contribution in [1.82, 2.24) is 19.7 Å². The van der Waals surface area contributed by atoms with Gasteiger partial charge in [0.25, 0.3) is 0 Å². The average Bonchev–Trinajstić information content (AvgIpc) is 2.96. The lowest BCUT2D eigenvalue weighted by Gasteiger charge is -2.33. The number of aliphatic carboxylic acids is 1. The molecule has 1 N–H and O–H groups in total. The van der Waals surface area contributed by atoms with E-state index in [1.165, 1.54) is 0 Å². The molecule has 1 aromatic carbocycles. The summed E-state index contributed by atoms with van der Waals surface area (Å²) >= 11 is 6.33. The van der Waals surface area contributed by atoms with Crippen LogP contribution in [0.4, 0.5) is 0 Å². The quantitative estimate of drug-likeness (QED) is 0.820. The van der Waals surface area contributed by atoms with Gasteiger partial charge < -0.3 is 19.1 Å². The molecule has 0 spiro atoms. The van der Waals surface area contributed by atoms with Crippen molar-refractivity contribution >= 4 is 17.6 Å². The summed E-state index contributed by atoms with van der Waals surface area (Å²) in [7, 11) is 1.55. The standard InChI is InChI=1S/C17H21ClN4O4/c1-4-26-16-12(18)5-11(6-14(16)25-3)7-21-9-15-20-19-10(2)22(15)8-13(21)17(23)24/h5-6,13H,4,7-9H2,1-3H3,(H,23,24). The Kier molecular flexibility index (Phi) is 5.33. The lowest BCUT2D eigenvalue weighted by Crippen LogP contribution is -2.47. The van der Waals surface area contributed by atoms with E-state index in [9.17, 15) is 9.90 Å². The number of aromatic nitrogens is 3. The number of methoxy groups -OCH3 is 1. The van der Waals surface area contributed by atoms with Gasteiger partial charge in [0.15, 0.2) is 11.5 Å². The number of carbonyl (C=O) groups is 1. The monoisotopic (exact) mass is 380 g/mol. The topological polar surface area (TPSA) is 89.7 Å². The zero-order valence-corrected chi connectivity index (χ0v) is 15.7. The van der Waals surface area contributed by atoms with Crippen LogP contribution in [-0.4, -0.2) is 50.5 Å². The van der Waals surface area contributed by atoms with Crippen molar-refractivity contribution in [2.24, 2.45) is 0 Å². The van der Waals surface area contributed by atoms with Crippen LogP contribution in [0.3, 0.4) is 0 Å². The highest BCUT2D eigenvalue weighted by atomic mass is 35.5. The minimum atomic E-state index is -0.882. The molecule has 0 saturated heterocycles. The lowest BCUT2D eigenvalue weighted by atomic mass is 10.1. The van der Waals surface area contributed by atoms with Crippen LogP contribution in [0.2, 0.25) is 5.02 Å². The molecule has 0 amide bonds. The number of nitrogens with zero attached hydrogens (tertiary/aromatic N) is 4. The largest absolute Gasteiger partial charge is 0.493 e. The lowest BCUT2D eigenvalue weighted by molar-refractivity contribution is -0.145. The third-order valence-electron chi connectivity index (χ3n) is 4.40. The minimum absolute atomic E-state index is 0.311. The number of hydrogen-bond acceptors (Lipinski definition) is 6. The second kappa shape index (κ2) is 7.51. The van der Waals surface area contributed by atoms with Crippen LogP contribution in [0.1, 0.15) is 24.1 Å². The van der Waals surface area contributed by atoms with Crippen molar-refractivity contribution in [1.29, 1.82) is 0 Å². The van der Waals surface area contributed by atoms with Crippen LogP contribution in [0.25, 0.3) is 0 Å². The number of halogens is 1. The van der Waals surface area contributed by atoms with E-state index in [1.807, 2.05) is 29.4 Å². The highest BCUT2D eigenvalue weighted by molar-refractivity contribution is 6.32. The van der Waals surface area contributed by atoms with Crippen molar-refractivity contribution in [3.8, 4) is 11.5 Å². The van der Waals surface area contributed by atoms with E-state index in [1.54, 1.807) is 13.2 Å². The van der Waals surface area contributed by atoms with Crippen molar-refractivity contribution in [2.75, 3.05) is 13.7 Å². The highest BCUT2D eigenvalue weighted by Gasteiger charge is 2.33. The molecule has 9 heteroatoms. The highest BCUT2D eigenvalue weighted by Crippen LogP contribution is 2.37. The predicted molar refractivity (Wildman–Crippen MR) is 94.6 cm³/mol. The Morgan fingerprint density at radius 1 is 1.42 bits per heavy atom. The minimum Gasteiger partial charge on any atom is -0.493 e. The van der Waals surface area contributed by atoms with Gasteiger partial charge in [-0.25, -0.2) is 0 Å². The van der Waals surface area contributed by atoms with Gasteiger partial charge in [-0.15, -0.1) is 10.2 Å². The summed E-state index contributed by atoms with van der Waals surface area (Å²) < 4.78 is 12.7. The van der Waals surface area contributed by atoms with Crippen molar-refractivity contribution in [2.45, 2.75) is 39.5 Å². The molecule has 0 saturated carbocycles. The molecule has 3 rings (SSSR count). The molecule has 0 fully saturated rings. The predicted octanol–water partition coefficient (Wildman–Crippen LogP) is 2.12. The first-order valence-electron chi connectivity index (χ1n) is 8.29. The fourth-order valence-electron chi connectivity index (χ4n) is 3.14. The molecule has 1 aliphatic rings. The Labute approximate surface area is 156 Å². The molecule has 0 aliphatic carbocycles. The Morgan fingerprint density at radius 2 is 2.19 bits per heavy atom. The van der Waals surface area contributed by atoms with E-state index in [0.717, 1.165) is 17.2 Å². The molecular weight excluding hydrogens is 360 g/mol. The number of aryl methyl sites for hydroxylation is 1. The molecule has 1 aromatic heterocycles. The first kappa shape index (κ1) is 18.5. The van der Waals surface area contributed by atoms with E-state index in [4.69, 9.17) is 21.1 Å². The average molecular weight is 381 g/mol. The normalized spacial score (nSPS) is 17.0. The van der Waals surface area contributed by atoms with Gasteiger partial charge in [0.05, 0.1) is 31.8 Å². The summed E-state index contributed by atoms with van der Waals surface area (Å²) in [6.07, 6.45) is 0. The van der Waals surface area contributed by atoms with Gasteiger partial charge in [0, 0.05) is 6.54 Å². The molecular formula is C17H21ClN4O4. The number of fused-ring (bicyclic) bond motifs is 1. The molecule has 1 unspecified atom stereocenters. The summed E-state index contributed by atoms with van der Waals surface area (Å²) in [5, 5.41) is 18.3. The van der Waals surface area contributed by atoms with Crippen LogP contribution >= 0.6 is 11.6 Å². The van der Waals surface area contributed by atoms with E-state index in [0.29, 0.717) is 42.8 Å². The molecule has 1 aliphatic heterocycles. The molecule has 140 valence electrons. The SMILES string of the molecule is CCOc1c(Cl)cc(CN2Cc3nnc(C)n3CC2C(=O)O)cc1OC. The van der Waals surface area contributed by atoms with Crippen LogP contribution in [0.5, 0.6) is 11.5 Å². The number of ether oxygens (including phenoxy) is 2. The second-order valence-electron chi connectivity index (χ2n) is 6.08. The summed E-state index contributed by atoms with van der Waals surface area (Å²) in [5.74, 6) is 1.61. The number of carboxylic acids is 1. The maximum atomic E-state index is 11.8. The number of benzene rings is 1. The number of carboxylic acid groups (broad SMARTS) is 1. The first-order valence-corrected chi connectivity index (χ1v) is 8.67.